The number of primary amides is 1. The Hall–Kier alpha value is -2.67. The Labute approximate surface area is 107 Å². The number of H-pyrrole nitrogens is 1. The zero-order valence-electron chi connectivity index (χ0n) is 9.80. The van der Waals surface area contributed by atoms with Crippen LogP contribution in [0.5, 0.6) is 0 Å². The van der Waals surface area contributed by atoms with Crippen LogP contribution < -0.4 is 16.8 Å². The molecule has 0 atom stereocenters. The van der Waals surface area contributed by atoms with E-state index in [9.17, 15) is 14.4 Å². The van der Waals surface area contributed by atoms with E-state index < -0.39 is 18.4 Å². The monoisotopic (exact) mass is 261 g/mol. The maximum Gasteiger partial charge on any atom is 0.291 e. The largest absolute Gasteiger partial charge is 0.368 e. The van der Waals surface area contributed by atoms with Crippen molar-refractivity contribution in [3.8, 4) is 0 Å². The molecule has 0 aliphatic carbocycles. The van der Waals surface area contributed by atoms with E-state index in [-0.39, 0.29) is 11.3 Å². The van der Waals surface area contributed by atoms with Crippen molar-refractivity contribution in [2.75, 3.05) is 6.61 Å². The Morgan fingerprint density at radius 2 is 2.05 bits per heavy atom. The molecule has 2 rings (SSSR count). The normalized spacial score (nSPS) is 10.3. The summed E-state index contributed by atoms with van der Waals surface area (Å²) in [5.41, 5.74) is 6.51. The Morgan fingerprint density at radius 1 is 1.32 bits per heavy atom. The van der Waals surface area contributed by atoms with Gasteiger partial charge in [-0.15, -0.1) is 0 Å². The molecule has 1 aromatic carbocycles. The molecule has 2 amide bonds. The lowest BCUT2D eigenvalue weighted by Gasteiger charge is -2.05. The second-order valence-corrected chi connectivity index (χ2v) is 3.79. The summed E-state index contributed by atoms with van der Waals surface area (Å²) in [7, 11) is 0. The van der Waals surface area contributed by atoms with Crippen LogP contribution in [0.3, 0.4) is 0 Å². The summed E-state index contributed by atoms with van der Waals surface area (Å²) in [6.45, 7) is -0.441. The van der Waals surface area contributed by atoms with Crippen molar-refractivity contribution in [2.45, 2.75) is 0 Å². The predicted octanol–water partition coefficient (Wildman–Crippen LogP) is -0.325. The first-order valence-corrected chi connectivity index (χ1v) is 5.40. The molecule has 19 heavy (non-hydrogen) atoms. The molecular formula is C12H11N3O4. The van der Waals surface area contributed by atoms with Gasteiger partial charge in [-0.1, -0.05) is 18.2 Å². The number of rotatable bonds is 4. The molecule has 0 radical (unpaired) electrons. The molecule has 0 saturated heterocycles. The van der Waals surface area contributed by atoms with Crippen molar-refractivity contribution >= 4 is 22.6 Å². The van der Waals surface area contributed by atoms with Gasteiger partial charge in [0, 0.05) is 5.39 Å². The van der Waals surface area contributed by atoms with Crippen molar-refractivity contribution in [1.82, 2.24) is 10.5 Å². The zero-order chi connectivity index (χ0) is 13.8. The summed E-state index contributed by atoms with van der Waals surface area (Å²) in [4.78, 5) is 40.8. The second-order valence-electron chi connectivity index (χ2n) is 3.79. The fourth-order valence-electron chi connectivity index (χ4n) is 1.56. The van der Waals surface area contributed by atoms with E-state index in [0.717, 1.165) is 0 Å². The lowest BCUT2D eigenvalue weighted by atomic mass is 10.1. The van der Waals surface area contributed by atoms with Gasteiger partial charge >= 0.3 is 0 Å². The topological polar surface area (TPSA) is 114 Å². The molecule has 0 fully saturated rings. The number of aromatic amines is 1. The van der Waals surface area contributed by atoms with Gasteiger partial charge in [-0.3, -0.25) is 19.2 Å². The molecule has 7 nitrogen and oxygen atoms in total. The summed E-state index contributed by atoms with van der Waals surface area (Å²) in [6.07, 6.45) is 0. The molecule has 0 saturated carbocycles. The third-order valence-corrected chi connectivity index (χ3v) is 2.38. The summed E-state index contributed by atoms with van der Waals surface area (Å²) in [6, 6.07) is 8.37. The number of benzene rings is 1. The Bertz CT molecular complexity index is 693. The van der Waals surface area contributed by atoms with E-state index in [1.54, 1.807) is 24.3 Å². The molecular weight excluding hydrogens is 250 g/mol. The van der Waals surface area contributed by atoms with Crippen LogP contribution in [0.2, 0.25) is 0 Å². The van der Waals surface area contributed by atoms with Crippen LogP contribution in [0.25, 0.3) is 10.8 Å². The maximum atomic E-state index is 11.7. The van der Waals surface area contributed by atoms with Crippen LogP contribution >= 0.6 is 0 Å². The standard InChI is InChI=1S/C12H11N3O4/c13-10(16)6-19-15-12(18)9-5-7-3-1-2-4-8(7)11(17)14-9/h1-5H,6H2,(H2,13,16)(H,14,17)(H,15,18). The molecule has 98 valence electrons. The molecule has 1 aromatic heterocycles. The Kier molecular flexibility index (Phi) is 3.58. The highest BCUT2D eigenvalue weighted by atomic mass is 16.7. The van der Waals surface area contributed by atoms with Crippen molar-refractivity contribution in [1.29, 1.82) is 0 Å². The number of hydroxylamine groups is 1. The fraction of sp³-hybridized carbons (Fsp3) is 0.0833. The third-order valence-electron chi connectivity index (χ3n) is 2.38. The van der Waals surface area contributed by atoms with Gasteiger partial charge in [0.2, 0.25) is 5.91 Å². The predicted molar refractivity (Wildman–Crippen MR) is 67.2 cm³/mol. The highest BCUT2D eigenvalue weighted by Crippen LogP contribution is 2.09. The molecule has 2 aromatic rings. The molecule has 0 unspecified atom stereocenters. The molecule has 0 bridgehead atoms. The highest BCUT2D eigenvalue weighted by molar-refractivity contribution is 5.95. The summed E-state index contributed by atoms with van der Waals surface area (Å²) >= 11 is 0. The lowest BCUT2D eigenvalue weighted by molar-refractivity contribution is -0.124. The zero-order valence-corrected chi connectivity index (χ0v) is 9.80. The smallest absolute Gasteiger partial charge is 0.291 e. The van der Waals surface area contributed by atoms with E-state index in [0.29, 0.717) is 10.8 Å². The van der Waals surface area contributed by atoms with Crippen LogP contribution in [0.4, 0.5) is 0 Å². The first-order valence-electron chi connectivity index (χ1n) is 5.40. The number of carbonyl (C=O) groups excluding carboxylic acids is 2. The number of hydrogen-bond acceptors (Lipinski definition) is 4. The minimum atomic E-state index is -0.715. The number of nitrogens with two attached hydrogens (primary N) is 1. The minimum absolute atomic E-state index is 0.0353. The fourth-order valence-corrected chi connectivity index (χ4v) is 1.56. The molecule has 1 heterocycles. The SMILES string of the molecule is NC(=O)CONC(=O)c1cc2ccccc2c(=O)[nH]1. The van der Waals surface area contributed by atoms with Gasteiger partial charge < -0.3 is 10.7 Å². The van der Waals surface area contributed by atoms with Gasteiger partial charge in [-0.2, -0.15) is 0 Å². The average molecular weight is 261 g/mol. The molecule has 4 N–H and O–H groups in total. The molecule has 0 aliphatic rings. The highest BCUT2D eigenvalue weighted by Gasteiger charge is 2.09. The first kappa shape index (κ1) is 12.8. The molecule has 7 heteroatoms. The van der Waals surface area contributed by atoms with Crippen LogP contribution in [0.15, 0.2) is 35.1 Å². The number of aromatic nitrogens is 1. The molecule has 0 aliphatic heterocycles. The van der Waals surface area contributed by atoms with Crippen LogP contribution in [0, 0.1) is 0 Å². The minimum Gasteiger partial charge on any atom is -0.368 e. The van der Waals surface area contributed by atoms with Crippen molar-refractivity contribution in [2.24, 2.45) is 5.73 Å². The van der Waals surface area contributed by atoms with Crippen LogP contribution in [0.1, 0.15) is 10.5 Å². The summed E-state index contributed by atoms with van der Waals surface area (Å²) in [5.74, 6) is -1.38. The number of pyridine rings is 1. The van der Waals surface area contributed by atoms with Gasteiger partial charge in [0.25, 0.3) is 11.5 Å². The van der Waals surface area contributed by atoms with E-state index in [4.69, 9.17) is 5.73 Å². The van der Waals surface area contributed by atoms with Gasteiger partial charge in [-0.05, 0) is 17.5 Å². The van der Waals surface area contributed by atoms with E-state index >= 15 is 0 Å². The average Bonchev–Trinajstić information content (AvgIpc) is 2.38. The number of carbonyl (C=O) groups is 2. The van der Waals surface area contributed by atoms with Crippen molar-refractivity contribution in [3.05, 3.63) is 46.4 Å². The van der Waals surface area contributed by atoms with E-state index in [1.165, 1.54) is 6.07 Å². The van der Waals surface area contributed by atoms with Crippen molar-refractivity contribution in [3.63, 3.8) is 0 Å². The Balaban J connectivity index is 2.23. The van der Waals surface area contributed by atoms with Gasteiger partial charge in [0.15, 0.2) is 6.61 Å². The van der Waals surface area contributed by atoms with E-state index in [1.807, 2.05) is 5.48 Å². The molecule has 0 spiro atoms. The second kappa shape index (κ2) is 5.32. The van der Waals surface area contributed by atoms with Crippen LogP contribution in [-0.4, -0.2) is 23.4 Å². The maximum absolute atomic E-state index is 11.7. The van der Waals surface area contributed by atoms with Gasteiger partial charge in [-0.25, -0.2) is 5.48 Å². The number of amides is 2. The quantitative estimate of drug-likeness (QED) is 0.654. The third kappa shape index (κ3) is 2.96. The van der Waals surface area contributed by atoms with Crippen molar-refractivity contribution < 1.29 is 14.4 Å². The Morgan fingerprint density at radius 3 is 2.79 bits per heavy atom. The van der Waals surface area contributed by atoms with Crippen LogP contribution in [-0.2, 0) is 9.63 Å². The van der Waals surface area contributed by atoms with Gasteiger partial charge in [0.1, 0.15) is 5.69 Å². The number of nitrogens with one attached hydrogen (secondary N) is 2. The van der Waals surface area contributed by atoms with Gasteiger partial charge in [0.05, 0.1) is 0 Å². The summed E-state index contributed by atoms with van der Waals surface area (Å²) < 4.78 is 0. The van der Waals surface area contributed by atoms with E-state index in [2.05, 4.69) is 9.82 Å². The number of hydrogen-bond donors (Lipinski definition) is 3. The lowest BCUT2D eigenvalue weighted by Crippen LogP contribution is -2.30. The first-order chi connectivity index (χ1) is 9.08. The summed E-state index contributed by atoms with van der Waals surface area (Å²) in [5, 5.41) is 1.11. The number of fused-ring (bicyclic) bond motifs is 1.